The first-order chi connectivity index (χ1) is 9.51. The van der Waals surface area contributed by atoms with Crippen molar-refractivity contribution in [2.75, 3.05) is 26.9 Å². The highest BCUT2D eigenvalue weighted by Crippen LogP contribution is 2.22. The van der Waals surface area contributed by atoms with Gasteiger partial charge >= 0.3 is 0 Å². The third kappa shape index (κ3) is 3.36. The van der Waals surface area contributed by atoms with Gasteiger partial charge in [0.05, 0.1) is 11.5 Å². The maximum atomic E-state index is 12.3. The third-order valence-electron chi connectivity index (χ3n) is 3.53. The van der Waals surface area contributed by atoms with Crippen LogP contribution in [0.25, 0.3) is 0 Å². The van der Waals surface area contributed by atoms with Gasteiger partial charge in [-0.2, -0.15) is 0 Å². The van der Waals surface area contributed by atoms with Crippen molar-refractivity contribution in [1.82, 2.24) is 4.72 Å². The van der Waals surface area contributed by atoms with E-state index in [1.54, 1.807) is 31.4 Å². The van der Waals surface area contributed by atoms with Crippen LogP contribution in [0.3, 0.4) is 0 Å². The van der Waals surface area contributed by atoms with Gasteiger partial charge in [-0.1, -0.05) is 12.1 Å². The molecule has 2 rings (SSSR count). The second-order valence-corrected chi connectivity index (χ2v) is 6.63. The van der Waals surface area contributed by atoms with Crippen molar-refractivity contribution in [3.05, 3.63) is 29.8 Å². The molecule has 1 aliphatic rings. The molecule has 6 nitrogen and oxygen atoms in total. The number of methoxy groups -OCH3 is 1. The van der Waals surface area contributed by atoms with Crippen LogP contribution in [-0.4, -0.2) is 40.9 Å². The van der Waals surface area contributed by atoms with Crippen LogP contribution in [0.5, 0.6) is 0 Å². The predicted octanol–water partition coefficient (Wildman–Crippen LogP) is 0.229. The molecule has 1 heterocycles. The minimum atomic E-state index is -3.57. The number of ether oxygens (including phenoxy) is 2. The highest BCUT2D eigenvalue weighted by Gasteiger charge is 2.36. The van der Waals surface area contributed by atoms with Gasteiger partial charge in [-0.3, -0.25) is 0 Å². The van der Waals surface area contributed by atoms with Crippen LogP contribution in [0, 0.1) is 0 Å². The molecule has 1 aliphatic heterocycles. The molecule has 1 unspecified atom stereocenters. The Morgan fingerprint density at radius 3 is 2.90 bits per heavy atom. The molecule has 1 fully saturated rings. The maximum absolute atomic E-state index is 12.3. The van der Waals surface area contributed by atoms with E-state index in [-0.39, 0.29) is 11.4 Å². The molecule has 20 heavy (non-hydrogen) atoms. The van der Waals surface area contributed by atoms with Gasteiger partial charge in [0.1, 0.15) is 5.60 Å². The van der Waals surface area contributed by atoms with Gasteiger partial charge in [-0.15, -0.1) is 0 Å². The summed E-state index contributed by atoms with van der Waals surface area (Å²) >= 11 is 0. The monoisotopic (exact) mass is 300 g/mol. The van der Waals surface area contributed by atoms with E-state index in [9.17, 15) is 8.42 Å². The molecule has 0 bridgehead atoms. The van der Waals surface area contributed by atoms with Gasteiger partial charge in [0.15, 0.2) is 0 Å². The molecule has 1 aromatic carbocycles. The molecular weight excluding hydrogens is 280 g/mol. The van der Waals surface area contributed by atoms with Gasteiger partial charge in [0.2, 0.25) is 10.0 Å². The number of hydrogen-bond donors (Lipinski definition) is 2. The lowest BCUT2D eigenvalue weighted by Crippen LogP contribution is -2.44. The Balaban J connectivity index is 2.10. The molecule has 0 saturated carbocycles. The summed E-state index contributed by atoms with van der Waals surface area (Å²) in [5.41, 5.74) is 5.73. The zero-order valence-corrected chi connectivity index (χ0v) is 12.3. The summed E-state index contributed by atoms with van der Waals surface area (Å²) < 4.78 is 37.8. The summed E-state index contributed by atoms with van der Waals surface area (Å²) in [6.07, 6.45) is 0.675. The fourth-order valence-electron chi connectivity index (χ4n) is 2.11. The van der Waals surface area contributed by atoms with Gasteiger partial charge in [-0.25, -0.2) is 13.1 Å². The quantitative estimate of drug-likeness (QED) is 0.785. The van der Waals surface area contributed by atoms with Crippen LogP contribution >= 0.6 is 0 Å². The fraction of sp³-hybridized carbons (Fsp3) is 0.538. The Bertz CT molecular complexity index is 553. The number of nitrogens with two attached hydrogens (primary N) is 1. The van der Waals surface area contributed by atoms with E-state index < -0.39 is 15.6 Å². The molecule has 0 aromatic heterocycles. The molecule has 1 aromatic rings. The summed E-state index contributed by atoms with van der Waals surface area (Å²) in [5, 5.41) is 0. The van der Waals surface area contributed by atoms with E-state index in [1.165, 1.54) is 0 Å². The highest BCUT2D eigenvalue weighted by atomic mass is 32.2. The molecule has 7 heteroatoms. The molecular formula is C13H20N2O4S. The molecule has 0 amide bonds. The van der Waals surface area contributed by atoms with Crippen molar-refractivity contribution < 1.29 is 17.9 Å². The van der Waals surface area contributed by atoms with E-state index >= 15 is 0 Å². The summed E-state index contributed by atoms with van der Waals surface area (Å²) in [6.45, 7) is 1.48. The van der Waals surface area contributed by atoms with Gasteiger partial charge in [0, 0.05) is 33.2 Å². The Morgan fingerprint density at radius 2 is 2.30 bits per heavy atom. The lowest BCUT2D eigenvalue weighted by Gasteiger charge is -2.25. The summed E-state index contributed by atoms with van der Waals surface area (Å²) in [6, 6.07) is 6.60. The van der Waals surface area contributed by atoms with E-state index in [1.807, 2.05) is 0 Å². The lowest BCUT2D eigenvalue weighted by molar-refractivity contribution is -0.0120. The van der Waals surface area contributed by atoms with Gasteiger partial charge in [-0.05, 0) is 17.7 Å². The first-order valence-corrected chi connectivity index (χ1v) is 7.91. The third-order valence-corrected chi connectivity index (χ3v) is 4.93. The molecule has 112 valence electrons. The van der Waals surface area contributed by atoms with Gasteiger partial charge < -0.3 is 15.2 Å². The average Bonchev–Trinajstić information content (AvgIpc) is 2.95. The summed E-state index contributed by atoms with van der Waals surface area (Å²) in [4.78, 5) is 0.214. The molecule has 1 saturated heterocycles. The molecule has 0 radical (unpaired) electrons. The van der Waals surface area contributed by atoms with Crippen molar-refractivity contribution >= 4 is 10.0 Å². The Kier molecular flexibility index (Phi) is 4.77. The van der Waals surface area contributed by atoms with Crippen molar-refractivity contribution in [3.63, 3.8) is 0 Å². The second kappa shape index (κ2) is 6.19. The Hall–Kier alpha value is -0.990. The van der Waals surface area contributed by atoms with Crippen LogP contribution in [0.2, 0.25) is 0 Å². The largest absolute Gasteiger partial charge is 0.378 e. The van der Waals surface area contributed by atoms with E-state index in [0.717, 1.165) is 5.56 Å². The molecule has 1 atom stereocenters. The minimum Gasteiger partial charge on any atom is -0.378 e. The molecule has 3 N–H and O–H groups in total. The topological polar surface area (TPSA) is 90.7 Å². The Morgan fingerprint density at radius 1 is 1.50 bits per heavy atom. The minimum absolute atomic E-state index is 0.193. The highest BCUT2D eigenvalue weighted by molar-refractivity contribution is 7.89. The zero-order valence-electron chi connectivity index (χ0n) is 11.5. The molecule has 0 aliphatic carbocycles. The first-order valence-electron chi connectivity index (χ1n) is 6.43. The number of hydrogen-bond acceptors (Lipinski definition) is 5. The smallest absolute Gasteiger partial charge is 0.240 e. The van der Waals surface area contributed by atoms with Crippen molar-refractivity contribution in [1.29, 1.82) is 0 Å². The standard InChI is InChI=1S/C13H20N2O4S/c1-18-13(5-6-19-10-13)9-15-20(16,17)12-4-2-3-11(7-12)8-14/h2-4,7,15H,5-6,8-10,14H2,1H3. The zero-order chi connectivity index (χ0) is 14.6. The van der Waals surface area contributed by atoms with Gasteiger partial charge in [0.25, 0.3) is 0 Å². The molecule has 0 spiro atoms. The van der Waals surface area contributed by atoms with Crippen molar-refractivity contribution in [2.24, 2.45) is 5.73 Å². The normalized spacial score (nSPS) is 23.1. The van der Waals surface area contributed by atoms with Crippen LogP contribution in [0.4, 0.5) is 0 Å². The van der Waals surface area contributed by atoms with Crippen molar-refractivity contribution in [2.45, 2.75) is 23.5 Å². The van der Waals surface area contributed by atoms with Crippen molar-refractivity contribution in [3.8, 4) is 0 Å². The summed E-state index contributed by atoms with van der Waals surface area (Å²) in [5.74, 6) is 0. The predicted molar refractivity (Wildman–Crippen MR) is 74.7 cm³/mol. The van der Waals surface area contributed by atoms with Crippen LogP contribution in [0.15, 0.2) is 29.2 Å². The number of rotatable bonds is 6. The SMILES string of the molecule is COC1(CNS(=O)(=O)c2cccc(CN)c2)CCOC1. The number of nitrogens with one attached hydrogen (secondary N) is 1. The number of sulfonamides is 1. The number of benzene rings is 1. The van der Waals surface area contributed by atoms with E-state index in [0.29, 0.717) is 26.2 Å². The van der Waals surface area contributed by atoms with Crippen LogP contribution < -0.4 is 10.5 Å². The maximum Gasteiger partial charge on any atom is 0.240 e. The lowest BCUT2D eigenvalue weighted by atomic mass is 10.0. The second-order valence-electron chi connectivity index (χ2n) is 4.87. The average molecular weight is 300 g/mol. The fourth-order valence-corrected chi connectivity index (χ4v) is 3.29. The summed E-state index contributed by atoms with van der Waals surface area (Å²) in [7, 11) is -2.00. The van der Waals surface area contributed by atoms with E-state index in [2.05, 4.69) is 4.72 Å². The van der Waals surface area contributed by atoms with Crippen LogP contribution in [0.1, 0.15) is 12.0 Å². The first kappa shape index (κ1) is 15.4. The Labute approximate surface area is 119 Å². The van der Waals surface area contributed by atoms with Crippen LogP contribution in [-0.2, 0) is 26.0 Å². The van der Waals surface area contributed by atoms with E-state index in [4.69, 9.17) is 15.2 Å².